The lowest BCUT2D eigenvalue weighted by Crippen LogP contribution is -2.36. The molecule has 36 heavy (non-hydrogen) atoms. The van der Waals surface area contributed by atoms with Gasteiger partial charge in [-0.2, -0.15) is 0 Å². The van der Waals surface area contributed by atoms with Gasteiger partial charge in [-0.15, -0.1) is 0 Å². The summed E-state index contributed by atoms with van der Waals surface area (Å²) in [7, 11) is 1.49. The topological polar surface area (TPSA) is 131 Å². The molecule has 4 N–H and O–H groups in total. The molecular weight excluding hydrogens is 462 g/mol. The number of hydrogen-bond donors (Lipinski definition) is 3. The van der Waals surface area contributed by atoms with E-state index >= 15 is 0 Å². The van der Waals surface area contributed by atoms with Gasteiger partial charge in [-0.1, -0.05) is 24.3 Å². The van der Waals surface area contributed by atoms with Crippen LogP contribution in [0.3, 0.4) is 0 Å². The fourth-order valence-electron chi connectivity index (χ4n) is 3.67. The summed E-state index contributed by atoms with van der Waals surface area (Å²) in [6.45, 7) is 3.70. The minimum absolute atomic E-state index is 0.0645. The summed E-state index contributed by atoms with van der Waals surface area (Å²) in [5.74, 6) is -0.190. The maximum atomic E-state index is 12.6. The standard InChI is InChI=1S/C27H29N3O6/c1-17-6-4-5-7-23(17)30(27(28)34)24-13-8-19(15-25(24)35-3)14-21(31)16-29-18(2)36-22-11-9-20(10-12-22)26(32)33/h4-13,15,18,29H,14,16H2,1-3H3,(H2,28,34)(H,32,33). The van der Waals surface area contributed by atoms with E-state index in [0.29, 0.717) is 22.9 Å². The Bertz CT molecular complexity index is 1240. The predicted molar refractivity (Wildman–Crippen MR) is 136 cm³/mol. The maximum Gasteiger partial charge on any atom is 0.335 e. The third-order valence-electron chi connectivity index (χ3n) is 5.46. The molecule has 3 aromatic rings. The number of nitrogens with two attached hydrogens (primary N) is 1. The number of carbonyl (C=O) groups excluding carboxylic acids is 2. The number of para-hydroxylation sites is 1. The predicted octanol–water partition coefficient (Wildman–Crippen LogP) is 4.04. The van der Waals surface area contributed by atoms with Crippen molar-refractivity contribution in [3.63, 3.8) is 0 Å². The molecule has 0 aliphatic carbocycles. The lowest BCUT2D eigenvalue weighted by Gasteiger charge is -2.24. The van der Waals surface area contributed by atoms with Crippen molar-refractivity contribution in [2.75, 3.05) is 18.6 Å². The van der Waals surface area contributed by atoms with E-state index in [4.69, 9.17) is 20.3 Å². The number of hydrogen-bond acceptors (Lipinski definition) is 6. The van der Waals surface area contributed by atoms with Crippen molar-refractivity contribution in [3.8, 4) is 11.5 Å². The number of aromatic carboxylic acids is 1. The number of aryl methyl sites for hydroxylation is 1. The van der Waals surface area contributed by atoms with E-state index in [1.54, 1.807) is 43.3 Å². The first kappa shape index (κ1) is 26.2. The molecule has 2 amide bonds. The third-order valence-corrected chi connectivity index (χ3v) is 5.46. The fourth-order valence-corrected chi connectivity index (χ4v) is 3.67. The summed E-state index contributed by atoms with van der Waals surface area (Å²) in [5, 5.41) is 12.0. The Morgan fingerprint density at radius 1 is 1.03 bits per heavy atom. The molecule has 0 aromatic heterocycles. The molecule has 3 aromatic carbocycles. The van der Waals surface area contributed by atoms with Crippen molar-refractivity contribution in [3.05, 3.63) is 83.4 Å². The van der Waals surface area contributed by atoms with Crippen LogP contribution in [0.25, 0.3) is 0 Å². The third kappa shape index (κ3) is 6.61. The lowest BCUT2D eigenvalue weighted by molar-refractivity contribution is -0.118. The molecule has 0 bridgehead atoms. The van der Waals surface area contributed by atoms with Gasteiger partial charge >= 0.3 is 12.0 Å². The molecule has 3 rings (SSSR count). The Labute approximate surface area is 209 Å². The van der Waals surface area contributed by atoms with Crippen molar-refractivity contribution in [2.24, 2.45) is 5.73 Å². The van der Waals surface area contributed by atoms with Crippen LogP contribution in [-0.2, 0) is 11.2 Å². The highest BCUT2D eigenvalue weighted by molar-refractivity contribution is 6.00. The van der Waals surface area contributed by atoms with Gasteiger partial charge in [0.25, 0.3) is 0 Å². The molecule has 9 heteroatoms. The van der Waals surface area contributed by atoms with Crippen LogP contribution in [0, 0.1) is 6.92 Å². The number of nitrogens with zero attached hydrogens (tertiary/aromatic N) is 1. The number of carbonyl (C=O) groups is 3. The molecule has 0 saturated carbocycles. The van der Waals surface area contributed by atoms with Gasteiger partial charge in [0.05, 0.1) is 30.6 Å². The van der Waals surface area contributed by atoms with Crippen LogP contribution in [0.5, 0.6) is 11.5 Å². The molecule has 1 unspecified atom stereocenters. The van der Waals surface area contributed by atoms with Crippen LogP contribution < -0.4 is 25.4 Å². The van der Waals surface area contributed by atoms with Crippen molar-refractivity contribution < 1.29 is 29.0 Å². The number of carboxylic acid groups (broad SMARTS) is 1. The van der Waals surface area contributed by atoms with E-state index in [1.165, 1.54) is 24.1 Å². The van der Waals surface area contributed by atoms with Crippen molar-refractivity contribution in [1.82, 2.24) is 5.32 Å². The highest BCUT2D eigenvalue weighted by Gasteiger charge is 2.21. The van der Waals surface area contributed by atoms with E-state index < -0.39 is 18.2 Å². The fraction of sp³-hybridized carbons (Fsp3) is 0.222. The second-order valence-electron chi connectivity index (χ2n) is 8.15. The normalized spacial score (nSPS) is 11.4. The van der Waals surface area contributed by atoms with E-state index in [9.17, 15) is 14.4 Å². The van der Waals surface area contributed by atoms with Gasteiger partial charge in [0, 0.05) is 6.42 Å². The minimum atomic E-state index is -1.01. The van der Waals surface area contributed by atoms with Gasteiger partial charge in [-0.25, -0.2) is 9.59 Å². The minimum Gasteiger partial charge on any atom is -0.495 e. The van der Waals surface area contributed by atoms with E-state index in [0.717, 1.165) is 11.1 Å². The number of carboxylic acids is 1. The Kier molecular flexibility index (Phi) is 8.64. The molecular formula is C27H29N3O6. The van der Waals surface area contributed by atoms with Crippen molar-refractivity contribution >= 4 is 29.2 Å². The summed E-state index contributed by atoms with van der Waals surface area (Å²) < 4.78 is 11.2. The first-order chi connectivity index (χ1) is 17.2. The molecule has 0 saturated heterocycles. The summed E-state index contributed by atoms with van der Waals surface area (Å²) >= 11 is 0. The summed E-state index contributed by atoms with van der Waals surface area (Å²) in [4.78, 5) is 37.2. The van der Waals surface area contributed by atoms with Gasteiger partial charge in [-0.3, -0.25) is 15.0 Å². The number of nitrogens with one attached hydrogen (secondary N) is 1. The van der Waals surface area contributed by atoms with Crippen molar-refractivity contribution in [1.29, 1.82) is 0 Å². The van der Waals surface area contributed by atoms with E-state index in [2.05, 4.69) is 5.32 Å². The number of primary amides is 1. The Morgan fingerprint density at radius 3 is 2.33 bits per heavy atom. The number of amides is 2. The van der Waals surface area contributed by atoms with Crippen molar-refractivity contribution in [2.45, 2.75) is 26.5 Å². The molecule has 188 valence electrons. The smallest absolute Gasteiger partial charge is 0.335 e. The molecule has 9 nitrogen and oxygen atoms in total. The zero-order chi connectivity index (χ0) is 26.2. The number of anilines is 2. The largest absolute Gasteiger partial charge is 0.495 e. The lowest BCUT2D eigenvalue weighted by atomic mass is 10.1. The van der Waals surface area contributed by atoms with E-state index in [-0.39, 0.29) is 24.3 Å². The second kappa shape index (κ2) is 11.9. The first-order valence-corrected chi connectivity index (χ1v) is 11.3. The quantitative estimate of drug-likeness (QED) is 0.345. The van der Waals surface area contributed by atoms with Gasteiger partial charge < -0.3 is 20.3 Å². The maximum absolute atomic E-state index is 12.6. The number of ketones is 1. The molecule has 0 aliphatic rings. The average Bonchev–Trinajstić information content (AvgIpc) is 2.85. The molecule has 0 heterocycles. The van der Waals surface area contributed by atoms with Gasteiger partial charge in [0.2, 0.25) is 0 Å². The highest BCUT2D eigenvalue weighted by Crippen LogP contribution is 2.36. The monoisotopic (exact) mass is 491 g/mol. The molecule has 0 radical (unpaired) electrons. The van der Waals surface area contributed by atoms with Gasteiger partial charge in [0.15, 0.2) is 5.78 Å². The highest BCUT2D eigenvalue weighted by atomic mass is 16.5. The number of rotatable bonds is 11. The number of methoxy groups -OCH3 is 1. The Hall–Kier alpha value is -4.37. The van der Waals surface area contributed by atoms with Gasteiger partial charge in [0.1, 0.15) is 17.7 Å². The summed E-state index contributed by atoms with van der Waals surface area (Å²) in [6.07, 6.45) is -0.329. The molecule has 0 spiro atoms. The zero-order valence-electron chi connectivity index (χ0n) is 20.4. The number of urea groups is 1. The van der Waals surface area contributed by atoms with Crippen LogP contribution in [0.2, 0.25) is 0 Å². The number of Topliss-reactive ketones (excluding diaryl/α,β-unsaturated/α-hetero) is 1. The van der Waals surface area contributed by atoms with Gasteiger partial charge in [-0.05, 0) is 67.4 Å². The zero-order valence-corrected chi connectivity index (χ0v) is 20.4. The second-order valence-corrected chi connectivity index (χ2v) is 8.15. The SMILES string of the molecule is COc1cc(CC(=O)CNC(C)Oc2ccc(C(=O)O)cc2)ccc1N(C(N)=O)c1ccccc1C. The van der Waals surface area contributed by atoms with Crippen LogP contribution >= 0.6 is 0 Å². The number of benzene rings is 3. The van der Waals surface area contributed by atoms with Crippen LogP contribution in [0.1, 0.15) is 28.4 Å². The van der Waals surface area contributed by atoms with Crippen LogP contribution in [-0.4, -0.2) is 42.8 Å². The number of ether oxygens (including phenoxy) is 2. The van der Waals surface area contributed by atoms with Crippen LogP contribution in [0.15, 0.2) is 66.7 Å². The Balaban J connectivity index is 1.63. The molecule has 1 atom stereocenters. The summed E-state index contributed by atoms with van der Waals surface area (Å²) in [6, 6.07) is 17.9. The molecule has 0 aliphatic heterocycles. The summed E-state index contributed by atoms with van der Waals surface area (Å²) in [5.41, 5.74) is 8.56. The first-order valence-electron chi connectivity index (χ1n) is 11.3. The van der Waals surface area contributed by atoms with Crippen LogP contribution in [0.4, 0.5) is 16.2 Å². The Morgan fingerprint density at radius 2 is 1.72 bits per heavy atom. The molecule has 0 fully saturated rings. The average molecular weight is 492 g/mol. The van der Waals surface area contributed by atoms with E-state index in [1.807, 2.05) is 25.1 Å².